The normalized spacial score (nSPS) is 11.4. The summed E-state index contributed by atoms with van der Waals surface area (Å²) >= 11 is 1.46. The van der Waals surface area contributed by atoms with E-state index in [1.165, 1.54) is 34.9 Å². The van der Waals surface area contributed by atoms with Crippen molar-refractivity contribution in [2.75, 3.05) is 31.2 Å². The van der Waals surface area contributed by atoms with Gasteiger partial charge in [0.25, 0.3) is 15.9 Å². The second-order valence-electron chi connectivity index (χ2n) is 8.59. The van der Waals surface area contributed by atoms with E-state index in [-0.39, 0.29) is 53.8 Å². The van der Waals surface area contributed by atoms with Crippen LogP contribution in [0.4, 0.5) is 5.82 Å². The average molecular weight is 556 g/mol. The lowest BCUT2D eigenvalue weighted by Crippen LogP contribution is -2.35. The summed E-state index contributed by atoms with van der Waals surface area (Å²) in [7, 11) is -2.57. The van der Waals surface area contributed by atoms with Crippen LogP contribution >= 0.6 is 11.3 Å². The van der Waals surface area contributed by atoms with Crippen LogP contribution in [0.5, 0.6) is 23.1 Å². The maximum Gasteiger partial charge on any atom is 0.265 e. The molecule has 11 heteroatoms. The number of sulfonamides is 1. The monoisotopic (exact) mass is 555 g/mol. The third-order valence-corrected chi connectivity index (χ3v) is 7.76. The Morgan fingerprint density at radius 3 is 2.34 bits per heavy atom. The van der Waals surface area contributed by atoms with E-state index in [1.807, 2.05) is 30.7 Å². The molecule has 0 bridgehead atoms. The zero-order valence-corrected chi connectivity index (χ0v) is 22.9. The van der Waals surface area contributed by atoms with Crippen LogP contribution < -0.4 is 18.5 Å². The molecule has 0 amide bonds. The number of anilines is 1. The third kappa shape index (κ3) is 6.07. The number of aromatic nitrogens is 2. The maximum atomic E-state index is 14.0. The SMILES string of the molecule is COc1ccccc1Oc1c(OCCO)nc(-c2ccsc2)nc1N(CC(C)C)S(=O)(=O)c1ccccc1. The Morgan fingerprint density at radius 2 is 1.71 bits per heavy atom. The Labute approximate surface area is 226 Å². The van der Waals surface area contributed by atoms with Crippen LogP contribution in [0.1, 0.15) is 13.8 Å². The molecule has 4 aromatic rings. The largest absolute Gasteiger partial charge is 0.493 e. The molecule has 38 heavy (non-hydrogen) atoms. The molecule has 1 N–H and O–H groups in total. The summed E-state index contributed by atoms with van der Waals surface area (Å²) in [5.41, 5.74) is 0.690. The Hall–Kier alpha value is -3.67. The van der Waals surface area contributed by atoms with Crippen LogP contribution in [-0.2, 0) is 10.0 Å². The lowest BCUT2D eigenvalue weighted by molar-refractivity contribution is 0.192. The van der Waals surface area contributed by atoms with Gasteiger partial charge in [-0.3, -0.25) is 0 Å². The highest BCUT2D eigenvalue weighted by molar-refractivity contribution is 7.92. The molecule has 0 spiro atoms. The van der Waals surface area contributed by atoms with Gasteiger partial charge in [-0.25, -0.2) is 17.7 Å². The number of benzene rings is 2. The first-order valence-corrected chi connectivity index (χ1v) is 14.3. The molecule has 9 nitrogen and oxygen atoms in total. The van der Waals surface area contributed by atoms with Crippen molar-refractivity contribution in [2.24, 2.45) is 5.92 Å². The van der Waals surface area contributed by atoms with Gasteiger partial charge in [0, 0.05) is 17.5 Å². The van der Waals surface area contributed by atoms with Crippen molar-refractivity contribution in [3.05, 3.63) is 71.4 Å². The molecule has 0 unspecified atom stereocenters. The van der Waals surface area contributed by atoms with Crippen LogP contribution in [0.3, 0.4) is 0 Å². The van der Waals surface area contributed by atoms with Crippen molar-refractivity contribution >= 4 is 27.2 Å². The molecule has 2 heterocycles. The number of ether oxygens (including phenoxy) is 3. The van der Waals surface area contributed by atoms with E-state index >= 15 is 0 Å². The molecule has 0 aliphatic rings. The fourth-order valence-corrected chi connectivity index (χ4v) is 5.84. The summed E-state index contributed by atoms with van der Waals surface area (Å²) in [5.74, 6) is 0.939. The van der Waals surface area contributed by atoms with Crippen LogP contribution in [-0.4, -0.2) is 50.4 Å². The van der Waals surface area contributed by atoms with Crippen LogP contribution in [0.15, 0.2) is 76.3 Å². The third-order valence-electron chi connectivity index (χ3n) is 5.31. The summed E-state index contributed by atoms with van der Waals surface area (Å²) in [4.78, 5) is 9.38. The topological polar surface area (TPSA) is 111 Å². The van der Waals surface area contributed by atoms with E-state index in [0.717, 1.165) is 0 Å². The second kappa shape index (κ2) is 12.2. The first-order chi connectivity index (χ1) is 18.3. The minimum atomic E-state index is -4.07. The predicted molar refractivity (Wildman–Crippen MR) is 147 cm³/mol. The molecule has 0 aliphatic carbocycles. The van der Waals surface area contributed by atoms with Gasteiger partial charge in [0.15, 0.2) is 23.1 Å². The van der Waals surface area contributed by atoms with Gasteiger partial charge in [-0.05, 0) is 41.6 Å². The van der Waals surface area contributed by atoms with Crippen molar-refractivity contribution in [1.29, 1.82) is 0 Å². The Balaban J connectivity index is 2.00. The molecule has 2 aromatic heterocycles. The van der Waals surface area contributed by atoms with E-state index in [1.54, 1.807) is 42.5 Å². The van der Waals surface area contributed by atoms with Crippen molar-refractivity contribution in [2.45, 2.75) is 18.7 Å². The quantitative estimate of drug-likeness (QED) is 0.253. The van der Waals surface area contributed by atoms with Gasteiger partial charge in [-0.2, -0.15) is 16.3 Å². The van der Waals surface area contributed by atoms with Crippen LogP contribution in [0.25, 0.3) is 11.4 Å². The van der Waals surface area contributed by atoms with E-state index in [4.69, 9.17) is 19.2 Å². The summed E-state index contributed by atoms with van der Waals surface area (Å²) in [6, 6.07) is 16.9. The first-order valence-electron chi connectivity index (χ1n) is 11.9. The smallest absolute Gasteiger partial charge is 0.265 e. The highest BCUT2D eigenvalue weighted by Crippen LogP contribution is 2.44. The van der Waals surface area contributed by atoms with E-state index < -0.39 is 10.0 Å². The number of hydrogen-bond acceptors (Lipinski definition) is 9. The minimum absolute atomic E-state index is 0.00632. The number of nitrogens with zero attached hydrogens (tertiary/aromatic N) is 3. The van der Waals surface area contributed by atoms with Gasteiger partial charge in [-0.15, -0.1) is 0 Å². The highest BCUT2D eigenvalue weighted by Gasteiger charge is 2.33. The number of thiophene rings is 1. The zero-order valence-electron chi connectivity index (χ0n) is 21.3. The lowest BCUT2D eigenvalue weighted by atomic mass is 10.2. The van der Waals surface area contributed by atoms with Gasteiger partial charge in [0.05, 0.1) is 18.6 Å². The van der Waals surface area contributed by atoms with Crippen molar-refractivity contribution in [1.82, 2.24) is 9.97 Å². The number of aliphatic hydroxyl groups excluding tert-OH is 1. The molecule has 200 valence electrons. The Bertz CT molecular complexity index is 1450. The standard InChI is InChI=1S/C27H29N3O6S2/c1-19(2)17-30(38(32,33)21-9-5-4-6-10-21)26-24(36-23-12-8-7-11-22(23)34-3)27(35-15-14-31)29-25(28-26)20-13-16-37-18-20/h4-13,16,18-19,31H,14-15,17H2,1-3H3. The summed E-state index contributed by atoms with van der Waals surface area (Å²) in [6.07, 6.45) is 0. The Morgan fingerprint density at radius 1 is 1.00 bits per heavy atom. The number of hydrogen-bond donors (Lipinski definition) is 1. The van der Waals surface area contributed by atoms with Gasteiger partial charge >= 0.3 is 0 Å². The maximum absolute atomic E-state index is 14.0. The molecule has 0 radical (unpaired) electrons. The number of rotatable bonds is 12. The molecular weight excluding hydrogens is 526 g/mol. The summed E-state index contributed by atoms with van der Waals surface area (Å²) < 4.78 is 46.8. The Kier molecular flexibility index (Phi) is 8.82. The van der Waals surface area contributed by atoms with Crippen LogP contribution in [0, 0.1) is 5.92 Å². The van der Waals surface area contributed by atoms with Crippen molar-refractivity contribution in [3.8, 4) is 34.5 Å². The minimum Gasteiger partial charge on any atom is -0.493 e. The molecule has 0 saturated carbocycles. The van der Waals surface area contributed by atoms with Gasteiger partial charge < -0.3 is 19.3 Å². The second-order valence-corrected chi connectivity index (χ2v) is 11.2. The van der Waals surface area contributed by atoms with E-state index in [9.17, 15) is 13.5 Å². The van der Waals surface area contributed by atoms with Crippen LogP contribution in [0.2, 0.25) is 0 Å². The van der Waals surface area contributed by atoms with E-state index in [2.05, 4.69) is 4.98 Å². The molecule has 0 fully saturated rings. The van der Waals surface area contributed by atoms with Gasteiger partial charge in [-0.1, -0.05) is 44.2 Å². The zero-order chi connectivity index (χ0) is 27.1. The average Bonchev–Trinajstić information content (AvgIpc) is 3.47. The van der Waals surface area contributed by atoms with Gasteiger partial charge in [0.1, 0.15) is 6.61 Å². The lowest BCUT2D eigenvalue weighted by Gasteiger charge is -2.28. The number of methoxy groups -OCH3 is 1. The van der Waals surface area contributed by atoms with E-state index in [0.29, 0.717) is 17.1 Å². The van der Waals surface area contributed by atoms with Crippen molar-refractivity contribution in [3.63, 3.8) is 0 Å². The first kappa shape index (κ1) is 27.4. The molecule has 0 atom stereocenters. The fourth-order valence-electron chi connectivity index (χ4n) is 3.60. The number of aliphatic hydroxyl groups is 1. The summed E-state index contributed by atoms with van der Waals surface area (Å²) in [6.45, 7) is 3.58. The molecule has 0 saturated heterocycles. The van der Waals surface area contributed by atoms with Gasteiger partial charge in [0.2, 0.25) is 5.75 Å². The molecule has 4 rings (SSSR count). The summed E-state index contributed by atoms with van der Waals surface area (Å²) in [5, 5.41) is 13.2. The molecule has 2 aromatic carbocycles. The molecule has 0 aliphatic heterocycles. The molecular formula is C27H29N3O6S2. The highest BCUT2D eigenvalue weighted by atomic mass is 32.2. The predicted octanol–water partition coefficient (Wildman–Crippen LogP) is 5.23. The van der Waals surface area contributed by atoms with Crippen molar-refractivity contribution < 1.29 is 27.7 Å². The number of para-hydroxylation sites is 2. The fraction of sp³-hybridized carbons (Fsp3) is 0.259.